The Kier molecular flexibility index (Phi) is 5.38. The molecule has 0 N–H and O–H groups in total. The van der Waals surface area contributed by atoms with Crippen molar-refractivity contribution in [2.45, 2.75) is 32.6 Å². The van der Waals surface area contributed by atoms with Crippen molar-refractivity contribution in [3.8, 4) is 0 Å². The van der Waals surface area contributed by atoms with Crippen LogP contribution in [0.3, 0.4) is 0 Å². The monoisotopic (exact) mass is 203 g/mol. The summed E-state index contributed by atoms with van der Waals surface area (Å²) in [5, 5.41) is 0. The molecule has 0 radical (unpaired) electrons. The van der Waals surface area contributed by atoms with Gasteiger partial charge in [0.05, 0.1) is 0 Å². The molecular weight excluding hydrogens is 186 g/mol. The van der Waals surface area contributed by atoms with Crippen LogP contribution in [0.25, 0.3) is 6.08 Å². The van der Waals surface area contributed by atoms with Gasteiger partial charge < -0.3 is 0 Å². The van der Waals surface area contributed by atoms with E-state index in [1.54, 1.807) is 18.5 Å². The van der Waals surface area contributed by atoms with Crippen molar-refractivity contribution in [2.24, 2.45) is 0 Å². The van der Waals surface area contributed by atoms with E-state index in [-0.39, 0.29) is 5.78 Å². The smallest absolute Gasteiger partial charge is 0.155 e. The van der Waals surface area contributed by atoms with E-state index in [0.29, 0.717) is 6.42 Å². The largest absolute Gasteiger partial charge is 0.295 e. The molecule has 0 saturated carbocycles. The maximum atomic E-state index is 11.4. The minimum atomic E-state index is 0.201. The minimum Gasteiger partial charge on any atom is -0.295 e. The molecule has 0 atom stereocenters. The van der Waals surface area contributed by atoms with E-state index in [0.717, 1.165) is 24.8 Å². The number of carbonyl (C=O) groups is 1. The molecule has 0 aliphatic rings. The lowest BCUT2D eigenvalue weighted by Gasteiger charge is -1.94. The Morgan fingerprint density at radius 2 is 2.33 bits per heavy atom. The fourth-order valence-corrected chi connectivity index (χ4v) is 1.30. The van der Waals surface area contributed by atoms with Crippen LogP contribution in [0.1, 0.15) is 38.2 Å². The Morgan fingerprint density at radius 3 is 3.00 bits per heavy atom. The average Bonchev–Trinajstić information content (AvgIpc) is 2.28. The molecule has 1 aromatic heterocycles. The van der Waals surface area contributed by atoms with Crippen LogP contribution in [-0.4, -0.2) is 10.8 Å². The molecule has 0 aliphatic heterocycles. The van der Waals surface area contributed by atoms with Gasteiger partial charge in [-0.25, -0.2) is 0 Å². The zero-order valence-electron chi connectivity index (χ0n) is 9.15. The molecule has 0 bridgehead atoms. The van der Waals surface area contributed by atoms with Gasteiger partial charge in [0.2, 0.25) is 0 Å². The fourth-order valence-electron chi connectivity index (χ4n) is 1.30. The lowest BCUT2D eigenvalue weighted by molar-refractivity contribution is -0.114. The first kappa shape index (κ1) is 11.6. The van der Waals surface area contributed by atoms with Gasteiger partial charge in [-0.2, -0.15) is 0 Å². The highest BCUT2D eigenvalue weighted by Gasteiger charge is 1.95. The van der Waals surface area contributed by atoms with Crippen molar-refractivity contribution >= 4 is 11.9 Å². The predicted molar refractivity (Wildman–Crippen MR) is 62.4 cm³/mol. The molecular formula is C13H17NO. The van der Waals surface area contributed by atoms with Gasteiger partial charge in [-0.3, -0.25) is 9.78 Å². The van der Waals surface area contributed by atoms with Crippen LogP contribution in [0.2, 0.25) is 0 Å². The van der Waals surface area contributed by atoms with Crippen LogP contribution in [0.15, 0.2) is 30.6 Å². The zero-order chi connectivity index (χ0) is 10.9. The van der Waals surface area contributed by atoms with Gasteiger partial charge in [0.15, 0.2) is 5.78 Å². The number of pyridine rings is 1. The number of aromatic nitrogens is 1. The molecule has 0 aromatic carbocycles. The number of hydrogen-bond donors (Lipinski definition) is 0. The van der Waals surface area contributed by atoms with Crippen LogP contribution in [-0.2, 0) is 4.79 Å². The quantitative estimate of drug-likeness (QED) is 0.524. The Hall–Kier alpha value is -1.44. The van der Waals surface area contributed by atoms with Gasteiger partial charge in [0.1, 0.15) is 0 Å². The second kappa shape index (κ2) is 6.93. The number of unbranched alkanes of at least 4 members (excludes halogenated alkanes) is 2. The molecule has 15 heavy (non-hydrogen) atoms. The van der Waals surface area contributed by atoms with Crippen LogP contribution < -0.4 is 0 Å². The van der Waals surface area contributed by atoms with Gasteiger partial charge in [-0.1, -0.05) is 25.8 Å². The molecule has 1 aromatic rings. The average molecular weight is 203 g/mol. The number of ketones is 1. The SMILES string of the molecule is CCCCCC(=O)/C=C/c1cccnc1. The summed E-state index contributed by atoms with van der Waals surface area (Å²) in [4.78, 5) is 15.4. The molecule has 0 saturated heterocycles. The molecule has 2 heteroatoms. The summed E-state index contributed by atoms with van der Waals surface area (Å²) >= 11 is 0. The maximum Gasteiger partial charge on any atom is 0.155 e. The lowest BCUT2D eigenvalue weighted by Crippen LogP contribution is -1.91. The highest BCUT2D eigenvalue weighted by molar-refractivity contribution is 5.93. The molecule has 1 heterocycles. The third-order valence-electron chi connectivity index (χ3n) is 2.17. The first-order chi connectivity index (χ1) is 7.33. The Labute approximate surface area is 91.0 Å². The van der Waals surface area contributed by atoms with Crippen LogP contribution in [0.5, 0.6) is 0 Å². The van der Waals surface area contributed by atoms with Crippen molar-refractivity contribution < 1.29 is 4.79 Å². The zero-order valence-corrected chi connectivity index (χ0v) is 9.15. The van der Waals surface area contributed by atoms with E-state index in [2.05, 4.69) is 11.9 Å². The summed E-state index contributed by atoms with van der Waals surface area (Å²) in [6, 6.07) is 3.80. The topological polar surface area (TPSA) is 30.0 Å². The van der Waals surface area contributed by atoms with Gasteiger partial charge in [0, 0.05) is 18.8 Å². The van der Waals surface area contributed by atoms with E-state index < -0.39 is 0 Å². The third-order valence-corrected chi connectivity index (χ3v) is 2.17. The van der Waals surface area contributed by atoms with E-state index >= 15 is 0 Å². The Balaban J connectivity index is 2.34. The highest BCUT2D eigenvalue weighted by Crippen LogP contribution is 2.03. The summed E-state index contributed by atoms with van der Waals surface area (Å²) in [5.74, 6) is 0.201. The molecule has 2 nitrogen and oxygen atoms in total. The first-order valence-electron chi connectivity index (χ1n) is 5.44. The maximum absolute atomic E-state index is 11.4. The Bertz CT molecular complexity index is 317. The van der Waals surface area contributed by atoms with E-state index in [4.69, 9.17) is 0 Å². The van der Waals surface area contributed by atoms with E-state index in [9.17, 15) is 4.79 Å². The summed E-state index contributed by atoms with van der Waals surface area (Å²) in [6.45, 7) is 2.13. The van der Waals surface area contributed by atoms with Crippen molar-refractivity contribution in [1.29, 1.82) is 0 Å². The van der Waals surface area contributed by atoms with Crippen LogP contribution >= 0.6 is 0 Å². The van der Waals surface area contributed by atoms with Crippen LogP contribution in [0, 0.1) is 0 Å². The molecule has 0 amide bonds. The summed E-state index contributed by atoms with van der Waals surface area (Å²) in [7, 11) is 0. The fraction of sp³-hybridized carbons (Fsp3) is 0.385. The van der Waals surface area contributed by atoms with Gasteiger partial charge in [0.25, 0.3) is 0 Å². The number of carbonyl (C=O) groups excluding carboxylic acids is 1. The van der Waals surface area contributed by atoms with Crippen molar-refractivity contribution in [2.75, 3.05) is 0 Å². The van der Waals surface area contributed by atoms with Crippen molar-refractivity contribution in [1.82, 2.24) is 4.98 Å². The van der Waals surface area contributed by atoms with Crippen molar-refractivity contribution in [3.63, 3.8) is 0 Å². The highest BCUT2D eigenvalue weighted by atomic mass is 16.1. The second-order valence-electron chi connectivity index (χ2n) is 3.54. The van der Waals surface area contributed by atoms with Gasteiger partial charge >= 0.3 is 0 Å². The van der Waals surface area contributed by atoms with E-state index in [1.807, 2.05) is 18.2 Å². The lowest BCUT2D eigenvalue weighted by atomic mass is 10.1. The van der Waals surface area contributed by atoms with Crippen LogP contribution in [0.4, 0.5) is 0 Å². The second-order valence-corrected chi connectivity index (χ2v) is 3.54. The normalized spacial score (nSPS) is 10.7. The molecule has 0 unspecified atom stereocenters. The third kappa shape index (κ3) is 5.11. The molecule has 80 valence electrons. The van der Waals surface area contributed by atoms with Crippen molar-refractivity contribution in [3.05, 3.63) is 36.2 Å². The van der Waals surface area contributed by atoms with E-state index in [1.165, 1.54) is 0 Å². The summed E-state index contributed by atoms with van der Waals surface area (Å²) < 4.78 is 0. The minimum absolute atomic E-state index is 0.201. The summed E-state index contributed by atoms with van der Waals surface area (Å²) in [5.41, 5.74) is 0.973. The molecule has 0 spiro atoms. The first-order valence-corrected chi connectivity index (χ1v) is 5.44. The molecule has 0 fully saturated rings. The Morgan fingerprint density at radius 1 is 1.47 bits per heavy atom. The number of allylic oxidation sites excluding steroid dienone is 1. The predicted octanol–water partition coefficient (Wildman–Crippen LogP) is 3.24. The van der Waals surface area contributed by atoms with Gasteiger partial charge in [-0.15, -0.1) is 0 Å². The summed E-state index contributed by atoms with van der Waals surface area (Å²) in [6.07, 6.45) is 10.9. The number of rotatable bonds is 6. The number of nitrogens with zero attached hydrogens (tertiary/aromatic N) is 1. The number of hydrogen-bond acceptors (Lipinski definition) is 2. The molecule has 0 aliphatic carbocycles. The molecule has 1 rings (SSSR count). The standard InChI is InChI=1S/C13H17NO/c1-2-3-4-7-13(15)9-8-12-6-5-10-14-11-12/h5-6,8-11H,2-4,7H2,1H3/b9-8+. The van der Waals surface area contributed by atoms with Gasteiger partial charge in [-0.05, 0) is 30.2 Å².